The Morgan fingerprint density at radius 1 is 1.38 bits per heavy atom. The lowest BCUT2D eigenvalue weighted by Gasteiger charge is -2.26. The summed E-state index contributed by atoms with van der Waals surface area (Å²) in [5, 5.41) is 10.9. The number of rotatable bonds is 5. The molecule has 0 saturated carbocycles. The Morgan fingerprint density at radius 3 is 2.52 bits per heavy atom. The highest BCUT2D eigenvalue weighted by molar-refractivity contribution is 5.74. The molecule has 4 nitrogen and oxygen atoms in total. The molecule has 2 amide bonds. The van der Waals surface area contributed by atoms with Crippen molar-refractivity contribution in [2.24, 2.45) is 0 Å². The van der Waals surface area contributed by atoms with Crippen molar-refractivity contribution in [1.29, 1.82) is 0 Å². The largest absolute Gasteiger partial charge is 0.408 e. The van der Waals surface area contributed by atoms with Crippen LogP contribution < -0.4 is 5.32 Å². The molecular formula is C14H19F3N2O2. The summed E-state index contributed by atoms with van der Waals surface area (Å²) in [5.74, 6) is 0. The third kappa shape index (κ3) is 5.26. The third-order valence-corrected chi connectivity index (χ3v) is 3.11. The molecule has 7 heteroatoms. The highest BCUT2D eigenvalue weighted by Crippen LogP contribution is 2.20. The Balaban J connectivity index is 2.77. The van der Waals surface area contributed by atoms with Gasteiger partial charge in [-0.25, -0.2) is 4.79 Å². The molecule has 0 bridgehead atoms. The average molecular weight is 304 g/mol. The number of amides is 2. The molecule has 1 rings (SSSR count). The number of urea groups is 1. The van der Waals surface area contributed by atoms with Crippen LogP contribution in [0.3, 0.4) is 0 Å². The first-order valence-electron chi connectivity index (χ1n) is 6.53. The van der Waals surface area contributed by atoms with E-state index in [4.69, 9.17) is 5.11 Å². The van der Waals surface area contributed by atoms with Crippen LogP contribution in [-0.2, 0) is 6.54 Å². The zero-order chi connectivity index (χ0) is 16.0. The van der Waals surface area contributed by atoms with Crippen molar-refractivity contribution in [2.75, 3.05) is 13.2 Å². The van der Waals surface area contributed by atoms with Crippen molar-refractivity contribution in [3.05, 3.63) is 35.4 Å². The summed E-state index contributed by atoms with van der Waals surface area (Å²) in [6, 6.07) is 4.47. The number of benzene rings is 1. The molecule has 0 heterocycles. The lowest BCUT2D eigenvalue weighted by atomic mass is 10.1. The Bertz CT molecular complexity index is 478. The summed E-state index contributed by atoms with van der Waals surface area (Å²) in [6.07, 6.45) is -4.50. The normalized spacial score (nSPS) is 12.9. The second-order valence-corrected chi connectivity index (χ2v) is 4.78. The van der Waals surface area contributed by atoms with Crippen LogP contribution in [0.15, 0.2) is 24.3 Å². The average Bonchev–Trinajstić information content (AvgIpc) is 2.39. The molecule has 0 spiro atoms. The molecule has 1 atom stereocenters. The first kappa shape index (κ1) is 17.3. The van der Waals surface area contributed by atoms with E-state index in [1.807, 2.05) is 24.4 Å². The van der Waals surface area contributed by atoms with Crippen molar-refractivity contribution < 1.29 is 23.1 Å². The molecule has 118 valence electrons. The second kappa shape index (κ2) is 7.31. The van der Waals surface area contributed by atoms with E-state index in [1.165, 1.54) is 0 Å². The van der Waals surface area contributed by atoms with Gasteiger partial charge in [0.1, 0.15) is 6.04 Å². The third-order valence-electron chi connectivity index (χ3n) is 3.11. The number of hydrogen-bond acceptors (Lipinski definition) is 2. The van der Waals surface area contributed by atoms with Gasteiger partial charge in [-0.3, -0.25) is 0 Å². The van der Waals surface area contributed by atoms with Crippen molar-refractivity contribution in [3.8, 4) is 0 Å². The fraction of sp³-hybridized carbons (Fsp3) is 0.500. The van der Waals surface area contributed by atoms with Gasteiger partial charge in [0.15, 0.2) is 0 Å². The minimum atomic E-state index is -4.50. The van der Waals surface area contributed by atoms with Gasteiger partial charge in [-0.05, 0) is 25.0 Å². The predicted molar refractivity (Wildman–Crippen MR) is 72.7 cm³/mol. The van der Waals surface area contributed by atoms with Gasteiger partial charge in [0.2, 0.25) is 0 Å². The van der Waals surface area contributed by atoms with Gasteiger partial charge in [0.05, 0.1) is 6.61 Å². The summed E-state index contributed by atoms with van der Waals surface area (Å²) >= 11 is 0. The predicted octanol–water partition coefficient (Wildman–Crippen LogP) is 2.45. The highest BCUT2D eigenvalue weighted by Gasteiger charge is 2.37. The molecule has 1 aromatic rings. The van der Waals surface area contributed by atoms with E-state index in [1.54, 1.807) is 12.1 Å². The second-order valence-electron chi connectivity index (χ2n) is 4.78. The topological polar surface area (TPSA) is 52.6 Å². The zero-order valence-corrected chi connectivity index (χ0v) is 11.9. The summed E-state index contributed by atoms with van der Waals surface area (Å²) < 4.78 is 37.4. The van der Waals surface area contributed by atoms with Crippen molar-refractivity contribution in [1.82, 2.24) is 10.2 Å². The number of aliphatic hydroxyl groups excluding tert-OH is 1. The monoisotopic (exact) mass is 304 g/mol. The maximum absolute atomic E-state index is 12.5. The van der Waals surface area contributed by atoms with Gasteiger partial charge < -0.3 is 15.3 Å². The molecule has 0 aliphatic carbocycles. The maximum Gasteiger partial charge on any atom is 0.408 e. The van der Waals surface area contributed by atoms with Crippen LogP contribution in [0.25, 0.3) is 0 Å². The van der Waals surface area contributed by atoms with Gasteiger partial charge in [-0.2, -0.15) is 13.2 Å². The van der Waals surface area contributed by atoms with Crippen LogP contribution in [0, 0.1) is 6.92 Å². The van der Waals surface area contributed by atoms with Crippen molar-refractivity contribution in [2.45, 2.75) is 32.6 Å². The summed E-state index contributed by atoms with van der Waals surface area (Å²) in [6.45, 7) is 2.51. The Hall–Kier alpha value is -1.76. The van der Waals surface area contributed by atoms with E-state index in [0.717, 1.165) is 23.0 Å². The van der Waals surface area contributed by atoms with Crippen molar-refractivity contribution >= 4 is 6.03 Å². The quantitative estimate of drug-likeness (QED) is 0.878. The SMILES string of the molecule is Cc1ccccc1CN(CCO)C(=O)N[C@@H](C)C(F)(F)F. The standard InChI is InChI=1S/C14H19F3N2O2/c1-10-5-3-4-6-12(10)9-19(7-8-20)13(21)18-11(2)14(15,16)17/h3-6,11,20H,7-9H2,1-2H3,(H,18,21)/t11-/m0/s1. The molecule has 0 aliphatic heterocycles. The molecule has 0 fully saturated rings. The minimum Gasteiger partial charge on any atom is -0.395 e. The fourth-order valence-electron chi connectivity index (χ4n) is 1.72. The highest BCUT2D eigenvalue weighted by atomic mass is 19.4. The van der Waals surface area contributed by atoms with E-state index in [-0.39, 0.29) is 19.7 Å². The number of aryl methyl sites for hydroxylation is 1. The molecular weight excluding hydrogens is 285 g/mol. The van der Waals surface area contributed by atoms with Crippen molar-refractivity contribution in [3.63, 3.8) is 0 Å². The number of aliphatic hydroxyl groups is 1. The van der Waals surface area contributed by atoms with Gasteiger partial charge in [-0.1, -0.05) is 24.3 Å². The Labute approximate surface area is 121 Å². The summed E-state index contributed by atoms with van der Waals surface area (Å²) in [7, 11) is 0. The number of nitrogens with zero attached hydrogens (tertiary/aromatic N) is 1. The van der Waals surface area contributed by atoms with Gasteiger partial charge in [-0.15, -0.1) is 0 Å². The lowest BCUT2D eigenvalue weighted by molar-refractivity contribution is -0.149. The number of nitrogens with one attached hydrogen (secondary N) is 1. The number of carbonyl (C=O) groups excluding carboxylic acids is 1. The van der Waals surface area contributed by atoms with E-state index < -0.39 is 18.2 Å². The fourth-order valence-corrected chi connectivity index (χ4v) is 1.72. The number of alkyl halides is 3. The molecule has 0 aliphatic rings. The van der Waals surface area contributed by atoms with Crippen LogP contribution in [0.5, 0.6) is 0 Å². The van der Waals surface area contributed by atoms with Gasteiger partial charge in [0.25, 0.3) is 0 Å². The van der Waals surface area contributed by atoms with Gasteiger partial charge in [0, 0.05) is 13.1 Å². The van der Waals surface area contributed by atoms with Crippen LogP contribution in [0.4, 0.5) is 18.0 Å². The maximum atomic E-state index is 12.5. The summed E-state index contributed by atoms with van der Waals surface area (Å²) in [4.78, 5) is 13.1. The number of hydrogen-bond donors (Lipinski definition) is 2. The molecule has 2 N–H and O–H groups in total. The van der Waals surface area contributed by atoms with Crippen LogP contribution in [0.2, 0.25) is 0 Å². The van der Waals surface area contributed by atoms with Crippen LogP contribution in [-0.4, -0.2) is 41.4 Å². The number of carbonyl (C=O) groups is 1. The molecule has 0 saturated heterocycles. The van der Waals surface area contributed by atoms with E-state index >= 15 is 0 Å². The molecule has 0 unspecified atom stereocenters. The minimum absolute atomic E-state index is 0.0370. The van der Waals surface area contributed by atoms with Gasteiger partial charge >= 0.3 is 12.2 Å². The first-order valence-corrected chi connectivity index (χ1v) is 6.53. The number of halogens is 3. The van der Waals surface area contributed by atoms with E-state index in [0.29, 0.717) is 0 Å². The molecule has 0 aromatic heterocycles. The Morgan fingerprint density at radius 2 is 2.00 bits per heavy atom. The van der Waals surface area contributed by atoms with E-state index in [2.05, 4.69) is 0 Å². The Kier molecular flexibility index (Phi) is 6.02. The lowest BCUT2D eigenvalue weighted by Crippen LogP contribution is -2.49. The smallest absolute Gasteiger partial charge is 0.395 e. The molecule has 1 aromatic carbocycles. The molecule has 21 heavy (non-hydrogen) atoms. The zero-order valence-electron chi connectivity index (χ0n) is 11.9. The molecule has 0 radical (unpaired) electrons. The summed E-state index contributed by atoms with van der Waals surface area (Å²) in [5.41, 5.74) is 1.75. The van der Waals surface area contributed by atoms with Crippen LogP contribution >= 0.6 is 0 Å². The van der Waals surface area contributed by atoms with Crippen LogP contribution in [0.1, 0.15) is 18.1 Å². The first-order chi connectivity index (χ1) is 9.75. The van der Waals surface area contributed by atoms with E-state index in [9.17, 15) is 18.0 Å².